The molecule has 0 amide bonds. The van der Waals surface area contributed by atoms with Crippen molar-refractivity contribution in [1.82, 2.24) is 9.55 Å². The molecule has 1 aromatic heterocycles. The highest BCUT2D eigenvalue weighted by molar-refractivity contribution is 5.72. The molecule has 0 N–H and O–H groups in total. The van der Waals surface area contributed by atoms with Crippen molar-refractivity contribution in [2.75, 3.05) is 0 Å². The lowest BCUT2D eigenvalue weighted by Gasteiger charge is -2.04. The van der Waals surface area contributed by atoms with Crippen molar-refractivity contribution in [3.8, 4) is 5.75 Å². The summed E-state index contributed by atoms with van der Waals surface area (Å²) in [5.41, 5.74) is -0.122. The van der Waals surface area contributed by atoms with Crippen LogP contribution in [0.4, 0.5) is 5.69 Å². The van der Waals surface area contributed by atoms with Crippen molar-refractivity contribution < 1.29 is 14.5 Å². The number of carbonyl (C=O) groups excluding carboxylic acids is 1. The number of nitrogens with zero attached hydrogens (tertiary/aromatic N) is 3. The Hall–Kier alpha value is -2.70. The maximum absolute atomic E-state index is 11.5. The number of nitro benzene ring substituents is 1. The zero-order chi connectivity index (χ0) is 13.0. The van der Waals surface area contributed by atoms with Crippen LogP contribution in [0.5, 0.6) is 5.75 Å². The fourth-order valence-corrected chi connectivity index (χ4v) is 1.35. The molecule has 7 nitrogen and oxygen atoms in total. The number of hydrogen-bond donors (Lipinski definition) is 0. The molecule has 1 aromatic carbocycles. The zero-order valence-corrected chi connectivity index (χ0v) is 9.22. The van der Waals surface area contributed by atoms with Gasteiger partial charge in [-0.25, -0.2) is 9.78 Å². The molecule has 7 heteroatoms. The largest absolute Gasteiger partial charge is 0.425 e. The van der Waals surface area contributed by atoms with Crippen LogP contribution in [-0.4, -0.2) is 20.4 Å². The summed E-state index contributed by atoms with van der Waals surface area (Å²) in [5.74, 6) is -0.372. The minimum Gasteiger partial charge on any atom is -0.425 e. The Bertz CT molecular complexity index is 565. The summed E-state index contributed by atoms with van der Waals surface area (Å²) in [4.78, 5) is 25.3. The summed E-state index contributed by atoms with van der Waals surface area (Å²) in [6, 6.07) is 5.47. The van der Waals surface area contributed by atoms with Gasteiger partial charge in [-0.05, 0) is 6.07 Å². The van der Waals surface area contributed by atoms with Crippen LogP contribution < -0.4 is 4.74 Å². The molecular weight excluding hydrogens is 238 g/mol. The monoisotopic (exact) mass is 247 g/mol. The van der Waals surface area contributed by atoms with Crippen molar-refractivity contribution in [3.63, 3.8) is 0 Å². The maximum Gasteiger partial charge on any atom is 0.331 e. The maximum atomic E-state index is 11.5. The fourth-order valence-electron chi connectivity index (χ4n) is 1.35. The van der Waals surface area contributed by atoms with Crippen LogP contribution in [0.1, 0.15) is 0 Å². The molecule has 0 saturated heterocycles. The number of rotatable bonds is 4. The van der Waals surface area contributed by atoms with Gasteiger partial charge in [-0.1, -0.05) is 6.07 Å². The first kappa shape index (κ1) is 11.8. The quantitative estimate of drug-likeness (QED) is 0.352. The summed E-state index contributed by atoms with van der Waals surface area (Å²) in [5, 5.41) is 10.5. The van der Waals surface area contributed by atoms with Gasteiger partial charge in [0.15, 0.2) is 0 Å². The predicted molar refractivity (Wildman–Crippen MR) is 61.0 cm³/mol. The predicted octanol–water partition coefficient (Wildman–Crippen LogP) is 1.40. The summed E-state index contributed by atoms with van der Waals surface area (Å²) in [6.07, 6.45) is 4.64. The average Bonchev–Trinajstić information content (AvgIpc) is 2.82. The standard InChI is InChI=1S/C11H9N3O4/c15-11(7-13-5-4-12-8-13)18-10-3-1-2-9(6-10)14(16)17/h1-6,8H,7H2. The molecule has 0 radical (unpaired) electrons. The molecule has 0 atom stereocenters. The third-order valence-electron chi connectivity index (χ3n) is 2.13. The van der Waals surface area contributed by atoms with Gasteiger partial charge in [0.2, 0.25) is 0 Å². The molecule has 2 aromatic rings. The Morgan fingerprint density at radius 2 is 2.33 bits per heavy atom. The number of ether oxygens (including phenoxy) is 1. The van der Waals surface area contributed by atoms with Crippen LogP contribution >= 0.6 is 0 Å². The minimum atomic E-state index is -0.548. The Balaban J connectivity index is 2.03. The van der Waals surface area contributed by atoms with Gasteiger partial charge in [0.05, 0.1) is 17.3 Å². The second-order valence-electron chi connectivity index (χ2n) is 3.46. The lowest BCUT2D eigenvalue weighted by atomic mass is 10.3. The SMILES string of the molecule is O=C(Cn1ccnc1)Oc1cccc([N+](=O)[O-])c1. The fraction of sp³-hybridized carbons (Fsp3) is 0.0909. The highest BCUT2D eigenvalue weighted by Crippen LogP contribution is 2.19. The summed E-state index contributed by atoms with van der Waals surface area (Å²) >= 11 is 0. The molecule has 0 saturated carbocycles. The van der Waals surface area contributed by atoms with Crippen molar-refractivity contribution in [2.24, 2.45) is 0 Å². The van der Waals surface area contributed by atoms with Crippen molar-refractivity contribution in [2.45, 2.75) is 6.54 Å². The lowest BCUT2D eigenvalue weighted by Crippen LogP contribution is -2.15. The van der Waals surface area contributed by atoms with E-state index >= 15 is 0 Å². The van der Waals surface area contributed by atoms with Crippen LogP contribution in [0, 0.1) is 10.1 Å². The topological polar surface area (TPSA) is 87.3 Å². The van der Waals surface area contributed by atoms with Gasteiger partial charge in [-0.15, -0.1) is 0 Å². The Labute approximate surface area is 102 Å². The second-order valence-corrected chi connectivity index (χ2v) is 3.46. The van der Waals surface area contributed by atoms with Gasteiger partial charge in [0.1, 0.15) is 12.3 Å². The average molecular weight is 247 g/mol. The molecule has 0 spiro atoms. The van der Waals surface area contributed by atoms with Crippen molar-refractivity contribution in [1.29, 1.82) is 0 Å². The summed E-state index contributed by atoms with van der Waals surface area (Å²) < 4.78 is 6.53. The third-order valence-corrected chi connectivity index (χ3v) is 2.13. The van der Waals surface area contributed by atoms with E-state index in [9.17, 15) is 14.9 Å². The van der Waals surface area contributed by atoms with Gasteiger partial charge in [-0.2, -0.15) is 0 Å². The van der Waals surface area contributed by atoms with E-state index in [0.29, 0.717) is 0 Å². The number of non-ortho nitro benzene ring substituents is 1. The first-order chi connectivity index (χ1) is 8.65. The van der Waals surface area contributed by atoms with Gasteiger partial charge < -0.3 is 9.30 Å². The molecule has 0 aliphatic heterocycles. The first-order valence-corrected chi connectivity index (χ1v) is 5.06. The van der Waals surface area contributed by atoms with Crippen LogP contribution in [0.15, 0.2) is 43.0 Å². The van der Waals surface area contributed by atoms with Crippen LogP contribution in [-0.2, 0) is 11.3 Å². The van der Waals surface area contributed by atoms with Crippen molar-refractivity contribution in [3.05, 3.63) is 53.1 Å². The van der Waals surface area contributed by atoms with Gasteiger partial charge >= 0.3 is 5.97 Å². The normalized spacial score (nSPS) is 10.0. The van der Waals surface area contributed by atoms with Gasteiger partial charge in [0.25, 0.3) is 5.69 Å². The highest BCUT2D eigenvalue weighted by atomic mass is 16.6. The van der Waals surface area contributed by atoms with E-state index in [1.54, 1.807) is 17.0 Å². The van der Waals surface area contributed by atoms with Gasteiger partial charge in [0, 0.05) is 18.5 Å². The lowest BCUT2D eigenvalue weighted by molar-refractivity contribution is -0.384. The number of benzene rings is 1. The van der Waals surface area contributed by atoms with E-state index in [2.05, 4.69) is 4.98 Å². The molecule has 92 valence electrons. The zero-order valence-electron chi connectivity index (χ0n) is 9.22. The van der Waals surface area contributed by atoms with E-state index < -0.39 is 10.9 Å². The molecule has 2 rings (SSSR count). The highest BCUT2D eigenvalue weighted by Gasteiger charge is 2.10. The summed E-state index contributed by atoms with van der Waals surface area (Å²) in [6.45, 7) is 0.00267. The molecule has 0 aliphatic carbocycles. The molecule has 0 unspecified atom stereocenters. The molecule has 1 heterocycles. The number of imidazole rings is 1. The number of esters is 1. The Kier molecular flexibility index (Phi) is 3.33. The number of carbonyl (C=O) groups is 1. The van der Waals surface area contributed by atoms with Gasteiger partial charge in [-0.3, -0.25) is 10.1 Å². The number of aromatic nitrogens is 2. The minimum absolute atomic E-state index is 0.00267. The summed E-state index contributed by atoms with van der Waals surface area (Å²) in [7, 11) is 0. The molecule has 0 aliphatic rings. The molecule has 0 bridgehead atoms. The molecular formula is C11H9N3O4. The van der Waals surface area contributed by atoms with Crippen molar-refractivity contribution >= 4 is 11.7 Å². The van der Waals surface area contributed by atoms with E-state index in [1.165, 1.54) is 30.6 Å². The second kappa shape index (κ2) is 5.09. The van der Waals surface area contributed by atoms with Crippen LogP contribution in [0.25, 0.3) is 0 Å². The van der Waals surface area contributed by atoms with E-state index in [0.717, 1.165) is 0 Å². The molecule has 0 fully saturated rings. The Morgan fingerprint density at radius 3 is 3.00 bits per heavy atom. The van der Waals surface area contributed by atoms with E-state index in [4.69, 9.17) is 4.74 Å². The smallest absolute Gasteiger partial charge is 0.331 e. The number of nitro groups is 1. The van der Waals surface area contributed by atoms with E-state index in [1.807, 2.05) is 0 Å². The third kappa shape index (κ3) is 2.91. The Morgan fingerprint density at radius 1 is 1.50 bits per heavy atom. The van der Waals surface area contributed by atoms with E-state index in [-0.39, 0.29) is 18.0 Å². The number of hydrogen-bond acceptors (Lipinski definition) is 5. The van der Waals surface area contributed by atoms with Crippen LogP contribution in [0.3, 0.4) is 0 Å². The van der Waals surface area contributed by atoms with Crippen LogP contribution in [0.2, 0.25) is 0 Å². The molecule has 18 heavy (non-hydrogen) atoms. The first-order valence-electron chi connectivity index (χ1n) is 5.06.